The number of hydrogen-bond donors (Lipinski definition) is 1. The summed E-state index contributed by atoms with van der Waals surface area (Å²) in [6, 6.07) is 9.31. The molecule has 0 aliphatic heterocycles. The van der Waals surface area contributed by atoms with Gasteiger partial charge in [0.15, 0.2) is 0 Å². The van der Waals surface area contributed by atoms with E-state index in [1.54, 1.807) is 6.07 Å². The Morgan fingerprint density at radius 1 is 1.30 bits per heavy atom. The molecule has 0 radical (unpaired) electrons. The summed E-state index contributed by atoms with van der Waals surface area (Å²) < 4.78 is 1.94. The minimum Gasteiger partial charge on any atom is -0.477 e. The van der Waals surface area contributed by atoms with Crippen LogP contribution in [0.3, 0.4) is 0 Å². The fraction of sp³-hybridized carbons (Fsp3) is 0.278. The Balaban J connectivity index is 1.80. The third-order valence-corrected chi connectivity index (χ3v) is 4.26. The average molecular weight is 307 g/mol. The second-order valence-electron chi connectivity index (χ2n) is 6.17. The molecule has 23 heavy (non-hydrogen) atoms. The summed E-state index contributed by atoms with van der Waals surface area (Å²) in [5.41, 5.74) is 5.41. The summed E-state index contributed by atoms with van der Waals surface area (Å²) >= 11 is 0. The summed E-state index contributed by atoms with van der Waals surface area (Å²) in [6.45, 7) is 2.05. The maximum absolute atomic E-state index is 11.1. The molecule has 0 spiro atoms. The van der Waals surface area contributed by atoms with Crippen molar-refractivity contribution in [2.45, 2.75) is 32.1 Å². The van der Waals surface area contributed by atoms with E-state index in [1.165, 1.54) is 30.0 Å². The van der Waals surface area contributed by atoms with E-state index in [-0.39, 0.29) is 5.69 Å². The quantitative estimate of drug-likeness (QED) is 0.803. The number of hydrogen-bond acceptors (Lipinski definition) is 3. The summed E-state index contributed by atoms with van der Waals surface area (Å²) in [7, 11) is 0. The van der Waals surface area contributed by atoms with Crippen LogP contribution >= 0.6 is 0 Å². The minimum atomic E-state index is -0.996. The molecule has 1 fully saturated rings. The number of aromatic carboxylic acids is 1. The van der Waals surface area contributed by atoms with Crippen LogP contribution in [0.5, 0.6) is 0 Å². The Labute approximate surface area is 133 Å². The molecule has 0 saturated heterocycles. The Morgan fingerprint density at radius 3 is 2.87 bits per heavy atom. The van der Waals surface area contributed by atoms with Crippen LogP contribution in [0.2, 0.25) is 0 Å². The van der Waals surface area contributed by atoms with Crippen molar-refractivity contribution in [1.29, 1.82) is 0 Å². The van der Waals surface area contributed by atoms with E-state index in [1.807, 2.05) is 16.8 Å². The van der Waals surface area contributed by atoms with Gasteiger partial charge in [-0.2, -0.15) is 5.10 Å². The van der Waals surface area contributed by atoms with Crippen molar-refractivity contribution >= 4 is 11.5 Å². The molecular weight excluding hydrogens is 290 g/mol. The topological polar surface area (TPSA) is 67.5 Å². The lowest BCUT2D eigenvalue weighted by atomic mass is 10.0. The van der Waals surface area contributed by atoms with Crippen molar-refractivity contribution in [3.05, 3.63) is 64.7 Å². The van der Waals surface area contributed by atoms with E-state index in [0.717, 1.165) is 16.9 Å². The van der Waals surface area contributed by atoms with Gasteiger partial charge in [-0.05, 0) is 43.5 Å². The zero-order chi connectivity index (χ0) is 16.0. The number of fused-ring (bicyclic) bond motifs is 1. The van der Waals surface area contributed by atoms with Crippen molar-refractivity contribution in [2.24, 2.45) is 0 Å². The zero-order valence-corrected chi connectivity index (χ0v) is 12.9. The molecule has 0 bridgehead atoms. The Kier molecular flexibility index (Phi) is 3.15. The Bertz CT molecular complexity index is 910. The highest BCUT2D eigenvalue weighted by atomic mass is 16.4. The molecular formula is C18H17N3O2. The van der Waals surface area contributed by atoms with Gasteiger partial charge in [0.1, 0.15) is 5.69 Å². The van der Waals surface area contributed by atoms with Crippen molar-refractivity contribution in [2.75, 3.05) is 0 Å². The van der Waals surface area contributed by atoms with Crippen LogP contribution in [-0.4, -0.2) is 25.7 Å². The van der Waals surface area contributed by atoms with Crippen LogP contribution in [-0.2, 0) is 6.42 Å². The average Bonchev–Trinajstić information content (AvgIpc) is 3.31. The maximum Gasteiger partial charge on any atom is 0.354 e. The fourth-order valence-corrected chi connectivity index (χ4v) is 2.97. The van der Waals surface area contributed by atoms with Gasteiger partial charge in [0.25, 0.3) is 0 Å². The van der Waals surface area contributed by atoms with Gasteiger partial charge in [-0.15, -0.1) is 0 Å². The van der Waals surface area contributed by atoms with Gasteiger partial charge in [0, 0.05) is 29.8 Å². The molecule has 0 amide bonds. The van der Waals surface area contributed by atoms with Crippen LogP contribution in [0.1, 0.15) is 51.8 Å². The molecule has 1 aliphatic rings. The third-order valence-electron chi connectivity index (χ3n) is 4.26. The van der Waals surface area contributed by atoms with Gasteiger partial charge < -0.3 is 5.11 Å². The molecule has 0 aromatic carbocycles. The summed E-state index contributed by atoms with van der Waals surface area (Å²) in [5, 5.41) is 13.9. The normalized spacial score (nSPS) is 14.3. The molecule has 1 N–H and O–H groups in total. The molecule has 116 valence electrons. The molecule has 3 heterocycles. The van der Waals surface area contributed by atoms with Gasteiger partial charge >= 0.3 is 5.97 Å². The molecule has 4 rings (SSSR count). The van der Waals surface area contributed by atoms with Crippen LogP contribution in [0.25, 0.3) is 5.52 Å². The van der Waals surface area contributed by atoms with Crippen molar-refractivity contribution in [3.8, 4) is 0 Å². The van der Waals surface area contributed by atoms with Gasteiger partial charge in [0.2, 0.25) is 0 Å². The Morgan fingerprint density at radius 2 is 2.13 bits per heavy atom. The number of carbonyl (C=O) groups is 1. The number of carboxylic acid groups (broad SMARTS) is 1. The van der Waals surface area contributed by atoms with Gasteiger partial charge in [-0.1, -0.05) is 12.1 Å². The predicted octanol–water partition coefficient (Wildman–Crippen LogP) is 3.20. The minimum absolute atomic E-state index is 0.0859. The molecule has 1 saturated carbocycles. The largest absolute Gasteiger partial charge is 0.477 e. The smallest absolute Gasteiger partial charge is 0.354 e. The summed E-state index contributed by atoms with van der Waals surface area (Å²) in [4.78, 5) is 15.4. The summed E-state index contributed by atoms with van der Waals surface area (Å²) in [5.74, 6) is -0.461. The number of nitrogens with zero attached hydrogens (tertiary/aromatic N) is 3. The van der Waals surface area contributed by atoms with E-state index in [9.17, 15) is 4.79 Å². The molecule has 5 heteroatoms. The van der Waals surface area contributed by atoms with E-state index in [2.05, 4.69) is 24.0 Å². The van der Waals surface area contributed by atoms with Gasteiger partial charge in [0.05, 0.1) is 11.2 Å². The van der Waals surface area contributed by atoms with E-state index < -0.39 is 5.97 Å². The second kappa shape index (κ2) is 5.19. The summed E-state index contributed by atoms with van der Waals surface area (Å²) in [6.07, 6.45) is 5.00. The molecule has 1 aliphatic carbocycles. The number of aromatic nitrogens is 3. The maximum atomic E-state index is 11.1. The van der Waals surface area contributed by atoms with E-state index in [4.69, 9.17) is 10.2 Å². The van der Waals surface area contributed by atoms with Crippen molar-refractivity contribution < 1.29 is 9.90 Å². The fourth-order valence-electron chi connectivity index (χ4n) is 2.97. The number of pyridine rings is 2. The van der Waals surface area contributed by atoms with Crippen LogP contribution in [0, 0.1) is 6.92 Å². The third kappa shape index (κ3) is 2.59. The van der Waals surface area contributed by atoms with Crippen LogP contribution in [0.4, 0.5) is 0 Å². The lowest BCUT2D eigenvalue weighted by Crippen LogP contribution is -2.03. The molecule has 3 aromatic rings. The Hall–Kier alpha value is -2.69. The predicted molar refractivity (Wildman–Crippen MR) is 85.9 cm³/mol. The number of carboxylic acids is 1. The number of aryl methyl sites for hydroxylation is 1. The second-order valence-corrected chi connectivity index (χ2v) is 6.17. The van der Waals surface area contributed by atoms with Gasteiger partial charge in [-0.25, -0.2) is 14.3 Å². The lowest BCUT2D eigenvalue weighted by Gasteiger charge is -2.04. The van der Waals surface area contributed by atoms with Crippen LogP contribution < -0.4 is 0 Å². The van der Waals surface area contributed by atoms with E-state index in [0.29, 0.717) is 12.3 Å². The highest BCUT2D eigenvalue weighted by Gasteiger charge is 2.30. The first kappa shape index (κ1) is 13.9. The molecule has 0 unspecified atom stereocenters. The van der Waals surface area contributed by atoms with E-state index >= 15 is 0 Å². The molecule has 0 atom stereocenters. The van der Waals surface area contributed by atoms with Gasteiger partial charge in [-0.3, -0.25) is 0 Å². The first-order valence-corrected chi connectivity index (χ1v) is 7.79. The highest BCUT2D eigenvalue weighted by Crippen LogP contribution is 2.42. The first-order valence-electron chi connectivity index (χ1n) is 7.79. The monoisotopic (exact) mass is 307 g/mol. The van der Waals surface area contributed by atoms with Crippen molar-refractivity contribution in [3.63, 3.8) is 0 Å². The SMILES string of the molecule is Cc1ccc2c(Cc3cccc(C(=O)O)n3)c(C3CC3)nn2c1. The van der Waals surface area contributed by atoms with Crippen molar-refractivity contribution in [1.82, 2.24) is 14.6 Å². The highest BCUT2D eigenvalue weighted by molar-refractivity contribution is 5.85. The lowest BCUT2D eigenvalue weighted by molar-refractivity contribution is 0.0690. The van der Waals surface area contributed by atoms with Crippen LogP contribution in [0.15, 0.2) is 36.5 Å². The first-order chi connectivity index (χ1) is 11.1. The molecule has 5 nitrogen and oxygen atoms in total. The standard InChI is InChI=1S/C18H17N3O2/c1-11-5-8-16-14(17(12-6-7-12)20-21(16)10-11)9-13-3-2-4-15(19-13)18(22)23/h2-5,8,10,12H,6-7,9H2,1H3,(H,22,23). The number of rotatable bonds is 4. The zero-order valence-electron chi connectivity index (χ0n) is 12.9. The molecule has 3 aromatic heterocycles.